The van der Waals surface area contributed by atoms with E-state index in [9.17, 15) is 14.4 Å². The van der Waals surface area contributed by atoms with Gasteiger partial charge in [0.25, 0.3) is 5.56 Å². The van der Waals surface area contributed by atoms with Crippen molar-refractivity contribution in [3.63, 3.8) is 0 Å². The first-order valence-electron chi connectivity index (χ1n) is 6.41. The molecular weight excluding hydrogens is 262 g/mol. The quantitative estimate of drug-likeness (QED) is 0.731. The van der Waals surface area contributed by atoms with Gasteiger partial charge in [0.15, 0.2) is 11.2 Å². The van der Waals surface area contributed by atoms with Crippen LogP contribution in [0.1, 0.15) is 12.8 Å². The smallest absolute Gasteiger partial charge is 0.332 e. The van der Waals surface area contributed by atoms with E-state index in [1.807, 2.05) is 4.90 Å². The number of fused-ring (bicyclic) bond motifs is 1. The first kappa shape index (κ1) is 12.6. The third-order valence-electron chi connectivity index (χ3n) is 3.70. The lowest BCUT2D eigenvalue weighted by atomic mass is 10.1. The van der Waals surface area contributed by atoms with Crippen LogP contribution in [0.25, 0.3) is 11.2 Å². The first-order chi connectivity index (χ1) is 9.49. The number of nitrogens with one attached hydrogen (secondary N) is 1. The average Bonchev–Trinajstić information content (AvgIpc) is 2.89. The van der Waals surface area contributed by atoms with Gasteiger partial charge >= 0.3 is 5.69 Å². The Hall–Kier alpha value is -2.38. The summed E-state index contributed by atoms with van der Waals surface area (Å²) in [5.74, 6) is 0.770. The largest absolute Gasteiger partial charge is 0.341 e. The number of Topliss-reactive ketones (excluding diaryl/α,β-unsaturated/α-hetero) is 1. The van der Waals surface area contributed by atoms with E-state index in [-0.39, 0.29) is 5.78 Å². The molecule has 0 aromatic carbocycles. The van der Waals surface area contributed by atoms with Crippen LogP contribution in [0, 0.1) is 0 Å². The molecule has 1 aliphatic heterocycles. The average molecular weight is 277 g/mol. The molecule has 0 unspecified atom stereocenters. The van der Waals surface area contributed by atoms with E-state index in [1.165, 1.54) is 11.6 Å². The second-order valence-corrected chi connectivity index (χ2v) is 4.99. The minimum Gasteiger partial charge on any atom is -0.341 e. The molecule has 0 radical (unpaired) electrons. The Balaban J connectivity index is 2.14. The number of anilines is 1. The maximum absolute atomic E-state index is 12.1. The number of carbonyl (C=O) groups is 1. The number of hydrogen-bond donors (Lipinski definition) is 1. The van der Waals surface area contributed by atoms with Crippen molar-refractivity contribution in [1.29, 1.82) is 0 Å². The second-order valence-electron chi connectivity index (χ2n) is 4.99. The summed E-state index contributed by atoms with van der Waals surface area (Å²) < 4.78 is 2.38. The van der Waals surface area contributed by atoms with Crippen LogP contribution in [0.15, 0.2) is 9.59 Å². The number of piperidine rings is 1. The van der Waals surface area contributed by atoms with Gasteiger partial charge in [-0.3, -0.25) is 18.7 Å². The lowest BCUT2D eigenvalue weighted by Crippen LogP contribution is -2.36. The Morgan fingerprint density at radius 3 is 2.35 bits per heavy atom. The number of ketones is 1. The summed E-state index contributed by atoms with van der Waals surface area (Å²) in [6.07, 6.45) is 0.960. The fourth-order valence-corrected chi connectivity index (χ4v) is 2.43. The summed E-state index contributed by atoms with van der Waals surface area (Å²) in [6, 6.07) is 0. The SMILES string of the molecule is Cn1c(=O)c2[nH]c(N3CCC(=O)CC3)nc2n(C)c1=O. The molecule has 1 aliphatic rings. The van der Waals surface area contributed by atoms with Crippen molar-refractivity contribution in [2.45, 2.75) is 12.8 Å². The number of hydrogen-bond acceptors (Lipinski definition) is 5. The Bertz CT molecular complexity index is 803. The number of carbonyl (C=O) groups excluding carboxylic acids is 1. The summed E-state index contributed by atoms with van der Waals surface area (Å²) in [5.41, 5.74) is -0.157. The van der Waals surface area contributed by atoms with Crippen LogP contribution in [-0.4, -0.2) is 38.0 Å². The van der Waals surface area contributed by atoms with E-state index in [0.717, 1.165) is 4.57 Å². The summed E-state index contributed by atoms with van der Waals surface area (Å²) in [5, 5.41) is 0. The van der Waals surface area contributed by atoms with E-state index in [4.69, 9.17) is 0 Å². The zero-order valence-electron chi connectivity index (χ0n) is 11.3. The minimum absolute atomic E-state index is 0.237. The molecule has 8 heteroatoms. The minimum atomic E-state index is -0.408. The Labute approximate surface area is 113 Å². The predicted octanol–water partition coefficient (Wildman–Crippen LogP) is -0.870. The molecule has 2 aromatic heterocycles. The number of aryl methyl sites for hydroxylation is 1. The van der Waals surface area contributed by atoms with Crippen LogP contribution < -0.4 is 16.1 Å². The van der Waals surface area contributed by atoms with Gasteiger partial charge < -0.3 is 9.88 Å². The molecule has 0 spiro atoms. The lowest BCUT2D eigenvalue weighted by Gasteiger charge is -2.25. The van der Waals surface area contributed by atoms with Crippen molar-refractivity contribution in [3.05, 3.63) is 20.8 Å². The van der Waals surface area contributed by atoms with E-state index in [0.29, 0.717) is 43.0 Å². The highest BCUT2D eigenvalue weighted by Crippen LogP contribution is 2.17. The molecule has 0 aliphatic carbocycles. The van der Waals surface area contributed by atoms with E-state index < -0.39 is 11.2 Å². The highest BCUT2D eigenvalue weighted by atomic mass is 16.2. The van der Waals surface area contributed by atoms with Gasteiger partial charge in [0.05, 0.1) is 0 Å². The molecule has 3 rings (SSSR count). The standard InChI is InChI=1S/C12H15N5O3/c1-15-9-8(10(19)16(2)12(15)20)13-11(14-9)17-5-3-7(18)4-6-17/h3-6H2,1-2H3,(H,13,14). The van der Waals surface area contributed by atoms with Gasteiger partial charge in [0, 0.05) is 40.0 Å². The highest BCUT2D eigenvalue weighted by Gasteiger charge is 2.21. The third-order valence-corrected chi connectivity index (χ3v) is 3.70. The Kier molecular flexibility index (Phi) is 2.73. The Morgan fingerprint density at radius 1 is 1.05 bits per heavy atom. The maximum atomic E-state index is 12.1. The van der Waals surface area contributed by atoms with Crippen LogP contribution in [0.5, 0.6) is 0 Å². The summed E-state index contributed by atoms with van der Waals surface area (Å²) in [6.45, 7) is 1.15. The monoisotopic (exact) mass is 277 g/mol. The fraction of sp³-hybridized carbons (Fsp3) is 0.500. The molecule has 1 saturated heterocycles. The molecule has 0 saturated carbocycles. The first-order valence-corrected chi connectivity index (χ1v) is 6.41. The molecule has 20 heavy (non-hydrogen) atoms. The molecule has 0 atom stereocenters. The third kappa shape index (κ3) is 1.75. The van der Waals surface area contributed by atoms with Crippen LogP contribution in [-0.2, 0) is 18.9 Å². The van der Waals surface area contributed by atoms with Gasteiger partial charge in [-0.2, -0.15) is 4.98 Å². The molecule has 2 aromatic rings. The van der Waals surface area contributed by atoms with Crippen LogP contribution in [0.3, 0.4) is 0 Å². The van der Waals surface area contributed by atoms with E-state index in [1.54, 1.807) is 7.05 Å². The van der Waals surface area contributed by atoms with Crippen molar-refractivity contribution in [2.75, 3.05) is 18.0 Å². The summed E-state index contributed by atoms with van der Waals surface area (Å²) in [7, 11) is 3.01. The number of aromatic nitrogens is 4. The molecule has 8 nitrogen and oxygen atoms in total. The molecule has 1 N–H and O–H groups in total. The zero-order chi connectivity index (χ0) is 14.4. The van der Waals surface area contributed by atoms with Gasteiger partial charge in [-0.1, -0.05) is 0 Å². The Morgan fingerprint density at radius 2 is 1.70 bits per heavy atom. The summed E-state index contributed by atoms with van der Waals surface area (Å²) >= 11 is 0. The van der Waals surface area contributed by atoms with Crippen molar-refractivity contribution < 1.29 is 4.79 Å². The van der Waals surface area contributed by atoms with Crippen LogP contribution >= 0.6 is 0 Å². The number of H-pyrrole nitrogens is 1. The van der Waals surface area contributed by atoms with E-state index in [2.05, 4.69) is 9.97 Å². The molecule has 0 bridgehead atoms. The van der Waals surface area contributed by atoms with Gasteiger partial charge in [-0.25, -0.2) is 4.79 Å². The topological polar surface area (TPSA) is 93.0 Å². The molecule has 0 amide bonds. The van der Waals surface area contributed by atoms with Crippen molar-refractivity contribution in [2.24, 2.45) is 14.1 Å². The number of nitrogens with zero attached hydrogens (tertiary/aromatic N) is 4. The highest BCUT2D eigenvalue weighted by molar-refractivity contribution is 5.81. The van der Waals surface area contributed by atoms with Crippen LogP contribution in [0.4, 0.5) is 5.95 Å². The van der Waals surface area contributed by atoms with Crippen molar-refractivity contribution in [1.82, 2.24) is 19.1 Å². The lowest BCUT2D eigenvalue weighted by molar-refractivity contribution is -0.119. The second kappa shape index (κ2) is 4.32. The van der Waals surface area contributed by atoms with Gasteiger partial charge in [-0.15, -0.1) is 0 Å². The van der Waals surface area contributed by atoms with Gasteiger partial charge in [0.2, 0.25) is 5.95 Å². The van der Waals surface area contributed by atoms with Crippen molar-refractivity contribution in [3.8, 4) is 0 Å². The maximum Gasteiger partial charge on any atom is 0.332 e. The van der Waals surface area contributed by atoms with Gasteiger partial charge in [-0.05, 0) is 0 Å². The summed E-state index contributed by atoms with van der Waals surface area (Å²) in [4.78, 5) is 44.4. The number of rotatable bonds is 1. The molecule has 3 heterocycles. The number of aromatic amines is 1. The van der Waals surface area contributed by atoms with Crippen molar-refractivity contribution >= 4 is 22.9 Å². The predicted molar refractivity (Wildman–Crippen MR) is 73.0 cm³/mol. The molecule has 1 fully saturated rings. The van der Waals surface area contributed by atoms with Gasteiger partial charge in [0.1, 0.15) is 5.78 Å². The molecular formula is C12H15N5O3. The fourth-order valence-electron chi connectivity index (χ4n) is 2.43. The normalized spacial score (nSPS) is 16.1. The number of imidazole rings is 1. The molecule has 106 valence electrons. The van der Waals surface area contributed by atoms with Crippen LogP contribution in [0.2, 0.25) is 0 Å². The zero-order valence-corrected chi connectivity index (χ0v) is 11.3. The van der Waals surface area contributed by atoms with E-state index >= 15 is 0 Å².